The van der Waals surface area contributed by atoms with Crippen molar-refractivity contribution in [2.24, 2.45) is 12.8 Å². The first-order valence-electron chi connectivity index (χ1n) is 5.75. The number of nitrogens with two attached hydrogens (primary N) is 1. The molecule has 1 aliphatic rings. The number of anilines is 1. The van der Waals surface area contributed by atoms with Crippen LogP contribution in [0.4, 0.5) is 5.82 Å². The van der Waals surface area contributed by atoms with Gasteiger partial charge >= 0.3 is 0 Å². The SMILES string of the molecule is Cc1nn(C)c(NC2(C)CCNC2)c1C(N)=O. The third kappa shape index (κ3) is 2.12. The molecular weight excluding hydrogens is 218 g/mol. The van der Waals surface area contributed by atoms with Crippen LogP contribution in [-0.4, -0.2) is 34.3 Å². The molecule has 0 aromatic carbocycles. The molecule has 1 saturated heterocycles. The molecule has 1 aliphatic heterocycles. The van der Waals surface area contributed by atoms with Crippen LogP contribution in [0.2, 0.25) is 0 Å². The average molecular weight is 237 g/mol. The van der Waals surface area contributed by atoms with Gasteiger partial charge in [-0.2, -0.15) is 5.10 Å². The Labute approximate surface area is 101 Å². The van der Waals surface area contributed by atoms with Crippen molar-refractivity contribution >= 4 is 11.7 Å². The molecule has 0 bridgehead atoms. The van der Waals surface area contributed by atoms with Crippen LogP contribution in [-0.2, 0) is 7.05 Å². The third-order valence-corrected chi connectivity index (χ3v) is 3.26. The Hall–Kier alpha value is -1.56. The summed E-state index contributed by atoms with van der Waals surface area (Å²) in [6, 6.07) is 0. The van der Waals surface area contributed by atoms with E-state index >= 15 is 0 Å². The predicted octanol–water partition coefficient (Wildman–Crippen LogP) is -0.00868. The normalized spacial score (nSPS) is 23.9. The van der Waals surface area contributed by atoms with Crippen LogP contribution in [0.25, 0.3) is 0 Å². The maximum Gasteiger partial charge on any atom is 0.254 e. The highest BCUT2D eigenvalue weighted by Crippen LogP contribution is 2.25. The van der Waals surface area contributed by atoms with Gasteiger partial charge in [-0.25, -0.2) is 0 Å². The van der Waals surface area contributed by atoms with E-state index in [1.165, 1.54) is 0 Å². The summed E-state index contributed by atoms with van der Waals surface area (Å²) >= 11 is 0. The first-order valence-corrected chi connectivity index (χ1v) is 5.75. The first-order chi connectivity index (χ1) is 7.93. The zero-order chi connectivity index (χ0) is 12.6. The molecule has 4 N–H and O–H groups in total. The number of hydrogen-bond acceptors (Lipinski definition) is 4. The quantitative estimate of drug-likeness (QED) is 0.690. The fourth-order valence-electron chi connectivity index (χ4n) is 2.31. The van der Waals surface area contributed by atoms with E-state index in [4.69, 9.17) is 5.73 Å². The van der Waals surface area contributed by atoms with E-state index in [-0.39, 0.29) is 5.54 Å². The van der Waals surface area contributed by atoms with Gasteiger partial charge in [0.1, 0.15) is 11.4 Å². The van der Waals surface area contributed by atoms with Crippen molar-refractivity contribution in [3.8, 4) is 0 Å². The van der Waals surface area contributed by atoms with E-state index in [1.807, 2.05) is 7.05 Å². The molecule has 1 aromatic heterocycles. The second-order valence-corrected chi connectivity index (χ2v) is 4.91. The molecule has 6 heteroatoms. The minimum absolute atomic E-state index is 0.0512. The summed E-state index contributed by atoms with van der Waals surface area (Å²) in [5, 5.41) is 10.9. The molecule has 1 unspecified atom stereocenters. The van der Waals surface area contributed by atoms with Gasteiger partial charge in [0.05, 0.1) is 5.69 Å². The maximum atomic E-state index is 11.4. The van der Waals surface area contributed by atoms with Crippen molar-refractivity contribution in [2.45, 2.75) is 25.8 Å². The summed E-state index contributed by atoms with van der Waals surface area (Å²) in [4.78, 5) is 11.4. The number of carbonyl (C=O) groups is 1. The van der Waals surface area contributed by atoms with E-state index in [9.17, 15) is 4.79 Å². The van der Waals surface area contributed by atoms with Gasteiger partial charge in [-0.1, -0.05) is 0 Å². The zero-order valence-corrected chi connectivity index (χ0v) is 10.5. The van der Waals surface area contributed by atoms with Crippen molar-refractivity contribution in [1.29, 1.82) is 0 Å². The lowest BCUT2D eigenvalue weighted by molar-refractivity contribution is 0.100. The van der Waals surface area contributed by atoms with Crippen molar-refractivity contribution in [3.05, 3.63) is 11.3 Å². The third-order valence-electron chi connectivity index (χ3n) is 3.26. The second kappa shape index (κ2) is 4.03. The molecule has 1 atom stereocenters. The Morgan fingerprint density at radius 2 is 2.35 bits per heavy atom. The fourth-order valence-corrected chi connectivity index (χ4v) is 2.31. The Kier molecular flexibility index (Phi) is 2.82. The number of carbonyl (C=O) groups excluding carboxylic acids is 1. The lowest BCUT2D eigenvalue weighted by Crippen LogP contribution is -2.38. The molecule has 0 saturated carbocycles. The van der Waals surface area contributed by atoms with E-state index < -0.39 is 5.91 Å². The summed E-state index contributed by atoms with van der Waals surface area (Å²) in [6.45, 7) is 5.77. The molecule has 17 heavy (non-hydrogen) atoms. The van der Waals surface area contributed by atoms with Gasteiger partial charge in [-0.3, -0.25) is 9.48 Å². The van der Waals surface area contributed by atoms with Gasteiger partial charge in [-0.05, 0) is 26.8 Å². The van der Waals surface area contributed by atoms with Crippen LogP contribution in [0.3, 0.4) is 0 Å². The highest BCUT2D eigenvalue weighted by atomic mass is 16.1. The number of hydrogen-bond donors (Lipinski definition) is 3. The molecule has 1 fully saturated rings. The summed E-state index contributed by atoms with van der Waals surface area (Å²) in [5.74, 6) is 0.272. The Balaban J connectivity index is 2.34. The summed E-state index contributed by atoms with van der Waals surface area (Å²) < 4.78 is 1.68. The van der Waals surface area contributed by atoms with Crippen LogP contribution in [0.5, 0.6) is 0 Å². The predicted molar refractivity (Wildman–Crippen MR) is 66.0 cm³/mol. The van der Waals surface area contributed by atoms with Crippen molar-refractivity contribution in [2.75, 3.05) is 18.4 Å². The smallest absolute Gasteiger partial charge is 0.254 e. The standard InChI is InChI=1S/C11H19N5O/c1-7-8(9(12)17)10(16(3)15-7)14-11(2)4-5-13-6-11/h13-14H,4-6H2,1-3H3,(H2,12,17). The minimum atomic E-state index is -0.437. The van der Waals surface area contributed by atoms with Gasteiger partial charge in [0.2, 0.25) is 0 Å². The van der Waals surface area contributed by atoms with Crippen molar-refractivity contribution in [3.63, 3.8) is 0 Å². The highest BCUT2D eigenvalue weighted by Gasteiger charge is 2.31. The number of primary amides is 1. The number of nitrogens with one attached hydrogen (secondary N) is 2. The number of aryl methyl sites for hydroxylation is 2. The zero-order valence-electron chi connectivity index (χ0n) is 10.5. The van der Waals surface area contributed by atoms with E-state index in [2.05, 4.69) is 22.7 Å². The largest absolute Gasteiger partial charge is 0.365 e. The van der Waals surface area contributed by atoms with Gasteiger partial charge in [0, 0.05) is 19.1 Å². The molecule has 6 nitrogen and oxygen atoms in total. The maximum absolute atomic E-state index is 11.4. The number of amides is 1. The molecule has 1 aromatic rings. The summed E-state index contributed by atoms with van der Waals surface area (Å²) in [6.07, 6.45) is 1.01. The first kappa shape index (κ1) is 11.9. The Morgan fingerprint density at radius 3 is 2.88 bits per heavy atom. The van der Waals surface area contributed by atoms with Crippen LogP contribution >= 0.6 is 0 Å². The highest BCUT2D eigenvalue weighted by molar-refractivity contribution is 5.99. The molecule has 2 rings (SSSR count). The van der Waals surface area contributed by atoms with E-state index in [1.54, 1.807) is 11.6 Å². The number of rotatable bonds is 3. The molecule has 94 valence electrons. The monoisotopic (exact) mass is 237 g/mol. The summed E-state index contributed by atoms with van der Waals surface area (Å²) in [7, 11) is 1.81. The van der Waals surface area contributed by atoms with Crippen LogP contribution in [0, 0.1) is 6.92 Å². The molecule has 0 radical (unpaired) electrons. The second-order valence-electron chi connectivity index (χ2n) is 4.91. The lowest BCUT2D eigenvalue weighted by Gasteiger charge is -2.26. The van der Waals surface area contributed by atoms with Crippen LogP contribution in [0.15, 0.2) is 0 Å². The van der Waals surface area contributed by atoms with Gasteiger partial charge < -0.3 is 16.4 Å². The average Bonchev–Trinajstić information content (AvgIpc) is 2.73. The van der Waals surface area contributed by atoms with Crippen LogP contribution < -0.4 is 16.4 Å². The molecule has 2 heterocycles. The van der Waals surface area contributed by atoms with E-state index in [0.29, 0.717) is 17.1 Å². The molecule has 0 spiro atoms. The number of aromatic nitrogens is 2. The lowest BCUT2D eigenvalue weighted by atomic mass is 10.0. The van der Waals surface area contributed by atoms with Crippen LogP contribution in [0.1, 0.15) is 29.4 Å². The molecular formula is C11H19N5O. The number of nitrogens with zero attached hydrogens (tertiary/aromatic N) is 2. The van der Waals surface area contributed by atoms with Gasteiger partial charge in [-0.15, -0.1) is 0 Å². The Bertz CT molecular complexity index is 445. The molecule has 1 amide bonds. The summed E-state index contributed by atoms with van der Waals surface area (Å²) in [5.41, 5.74) is 6.50. The topological polar surface area (TPSA) is 85.0 Å². The fraction of sp³-hybridized carbons (Fsp3) is 0.636. The van der Waals surface area contributed by atoms with Gasteiger partial charge in [0.15, 0.2) is 0 Å². The molecule has 0 aliphatic carbocycles. The van der Waals surface area contributed by atoms with Crippen molar-refractivity contribution < 1.29 is 4.79 Å². The van der Waals surface area contributed by atoms with Crippen molar-refractivity contribution in [1.82, 2.24) is 15.1 Å². The van der Waals surface area contributed by atoms with Gasteiger partial charge in [0.25, 0.3) is 5.91 Å². The minimum Gasteiger partial charge on any atom is -0.365 e. The Morgan fingerprint density at radius 1 is 1.65 bits per heavy atom. The van der Waals surface area contributed by atoms with E-state index in [0.717, 1.165) is 19.5 Å².